The number of amides is 1. The Bertz CT molecular complexity index is 411. The van der Waals surface area contributed by atoms with Crippen LogP contribution in [0.15, 0.2) is 6.07 Å². The van der Waals surface area contributed by atoms with Crippen molar-refractivity contribution in [1.82, 2.24) is 14.7 Å². The lowest BCUT2D eigenvalue weighted by Gasteiger charge is -2.21. The van der Waals surface area contributed by atoms with Gasteiger partial charge >= 0.3 is 6.18 Å². The number of hydrogen-bond acceptors (Lipinski definition) is 2. The second-order valence-corrected chi connectivity index (χ2v) is 4.20. The molecule has 4 nitrogen and oxygen atoms in total. The Morgan fingerprint density at radius 3 is 2.56 bits per heavy atom. The summed E-state index contributed by atoms with van der Waals surface area (Å²) in [6, 6.07) is 1.44. The molecule has 0 spiro atoms. The summed E-state index contributed by atoms with van der Waals surface area (Å²) >= 11 is 5.41. The van der Waals surface area contributed by atoms with Crippen molar-refractivity contribution in [3.63, 3.8) is 0 Å². The van der Waals surface area contributed by atoms with Gasteiger partial charge in [-0.3, -0.25) is 9.48 Å². The Morgan fingerprint density at radius 1 is 1.56 bits per heavy atom. The number of rotatable bonds is 4. The van der Waals surface area contributed by atoms with Gasteiger partial charge in [0, 0.05) is 25.2 Å². The zero-order chi connectivity index (χ0) is 13.9. The Kier molecular flexibility index (Phi) is 4.61. The van der Waals surface area contributed by atoms with Crippen molar-refractivity contribution < 1.29 is 18.0 Å². The highest BCUT2D eigenvalue weighted by atomic mass is 35.5. The maximum atomic E-state index is 12.3. The van der Waals surface area contributed by atoms with Gasteiger partial charge in [0.2, 0.25) is 0 Å². The van der Waals surface area contributed by atoms with Gasteiger partial charge in [0.05, 0.1) is 0 Å². The molecule has 0 bridgehead atoms. The fourth-order valence-corrected chi connectivity index (χ4v) is 1.60. The summed E-state index contributed by atoms with van der Waals surface area (Å²) < 4.78 is 38.4. The molecular weight excluding hydrogens is 271 g/mol. The van der Waals surface area contributed by atoms with Crippen LogP contribution in [0.1, 0.15) is 16.2 Å². The monoisotopic (exact) mass is 283 g/mol. The first kappa shape index (κ1) is 14.8. The second kappa shape index (κ2) is 5.60. The summed E-state index contributed by atoms with van der Waals surface area (Å²) in [5.41, 5.74) is 0.681. The lowest BCUT2D eigenvalue weighted by Crippen LogP contribution is -2.40. The Balaban J connectivity index is 2.88. The highest BCUT2D eigenvalue weighted by Gasteiger charge is 2.33. The van der Waals surface area contributed by atoms with E-state index in [9.17, 15) is 18.0 Å². The topological polar surface area (TPSA) is 38.1 Å². The molecule has 18 heavy (non-hydrogen) atoms. The largest absolute Gasteiger partial charge is 0.406 e. The molecule has 0 saturated heterocycles. The number of alkyl halides is 4. The number of hydrogen-bond donors (Lipinski definition) is 0. The van der Waals surface area contributed by atoms with E-state index in [1.807, 2.05) is 0 Å². The van der Waals surface area contributed by atoms with Crippen molar-refractivity contribution in [3.8, 4) is 0 Å². The van der Waals surface area contributed by atoms with Crippen LogP contribution in [0.25, 0.3) is 0 Å². The molecule has 0 aliphatic rings. The van der Waals surface area contributed by atoms with Crippen LogP contribution in [-0.4, -0.2) is 45.7 Å². The Hall–Kier alpha value is -1.24. The van der Waals surface area contributed by atoms with Gasteiger partial charge in [0.25, 0.3) is 5.91 Å². The van der Waals surface area contributed by atoms with E-state index in [4.69, 9.17) is 11.6 Å². The first-order valence-corrected chi connectivity index (χ1v) is 5.70. The van der Waals surface area contributed by atoms with E-state index in [2.05, 4.69) is 5.10 Å². The Labute approximate surface area is 107 Å². The van der Waals surface area contributed by atoms with Gasteiger partial charge in [-0.15, -0.1) is 11.6 Å². The molecule has 8 heteroatoms. The lowest BCUT2D eigenvalue weighted by molar-refractivity contribution is -0.140. The fourth-order valence-electron chi connectivity index (χ4n) is 1.40. The molecule has 1 aromatic heterocycles. The molecule has 0 radical (unpaired) electrons. The highest BCUT2D eigenvalue weighted by molar-refractivity contribution is 6.18. The summed E-state index contributed by atoms with van der Waals surface area (Å²) in [5, 5.41) is 3.86. The molecule has 0 fully saturated rings. The Morgan fingerprint density at radius 2 is 2.17 bits per heavy atom. The standard InChI is InChI=1S/C10H13ClF3N3O/c1-7-5-8(15-16(7)2)9(18)17(4-3-11)6-10(12,13)14/h5H,3-4,6H2,1-2H3. The van der Waals surface area contributed by atoms with Crippen LogP contribution in [0.2, 0.25) is 0 Å². The van der Waals surface area contributed by atoms with E-state index in [1.165, 1.54) is 10.7 Å². The van der Waals surface area contributed by atoms with Gasteiger partial charge in [-0.25, -0.2) is 0 Å². The van der Waals surface area contributed by atoms with Crippen LogP contribution in [0, 0.1) is 6.92 Å². The number of carbonyl (C=O) groups excluding carboxylic acids is 1. The van der Waals surface area contributed by atoms with Gasteiger partial charge in [0.1, 0.15) is 6.54 Å². The molecule has 0 saturated carbocycles. The summed E-state index contributed by atoms with van der Waals surface area (Å²) in [6.07, 6.45) is -4.45. The third kappa shape index (κ3) is 3.90. The zero-order valence-corrected chi connectivity index (χ0v) is 10.7. The summed E-state index contributed by atoms with van der Waals surface area (Å²) in [7, 11) is 1.61. The molecule has 1 heterocycles. The van der Waals surface area contributed by atoms with E-state index in [0.717, 1.165) is 0 Å². The predicted octanol–water partition coefficient (Wildman–Crippen LogP) is 1.97. The van der Waals surface area contributed by atoms with Crippen molar-refractivity contribution >= 4 is 17.5 Å². The molecule has 1 amide bonds. The fraction of sp³-hybridized carbons (Fsp3) is 0.600. The first-order chi connectivity index (χ1) is 8.24. The average Bonchev–Trinajstić information content (AvgIpc) is 2.56. The van der Waals surface area contributed by atoms with Crippen LogP contribution in [-0.2, 0) is 7.05 Å². The molecule has 1 aromatic rings. The minimum atomic E-state index is -4.45. The van der Waals surface area contributed by atoms with E-state index in [1.54, 1.807) is 14.0 Å². The van der Waals surface area contributed by atoms with Gasteiger partial charge in [-0.1, -0.05) is 0 Å². The average molecular weight is 284 g/mol. The van der Waals surface area contributed by atoms with E-state index in [-0.39, 0.29) is 18.1 Å². The van der Waals surface area contributed by atoms with Crippen molar-refractivity contribution in [2.24, 2.45) is 7.05 Å². The molecule has 0 aromatic carbocycles. The first-order valence-electron chi connectivity index (χ1n) is 5.17. The van der Waals surface area contributed by atoms with Gasteiger partial charge in [0.15, 0.2) is 5.69 Å². The molecule has 102 valence electrons. The van der Waals surface area contributed by atoms with Gasteiger partial charge in [-0.2, -0.15) is 18.3 Å². The number of nitrogens with zero attached hydrogens (tertiary/aromatic N) is 3. The molecular formula is C10H13ClF3N3O. The predicted molar refractivity (Wildman–Crippen MR) is 60.6 cm³/mol. The molecule has 0 N–H and O–H groups in total. The van der Waals surface area contributed by atoms with Gasteiger partial charge in [-0.05, 0) is 13.0 Å². The summed E-state index contributed by atoms with van der Waals surface area (Å²) in [6.45, 7) is 0.211. The normalized spacial score (nSPS) is 11.7. The van der Waals surface area contributed by atoms with Crippen LogP contribution < -0.4 is 0 Å². The van der Waals surface area contributed by atoms with Crippen molar-refractivity contribution in [3.05, 3.63) is 17.5 Å². The van der Waals surface area contributed by atoms with Crippen molar-refractivity contribution in [2.75, 3.05) is 19.0 Å². The minimum Gasteiger partial charge on any atom is -0.327 e. The third-order valence-electron chi connectivity index (χ3n) is 2.34. The molecule has 1 rings (SSSR count). The third-order valence-corrected chi connectivity index (χ3v) is 2.51. The van der Waals surface area contributed by atoms with Crippen LogP contribution in [0.4, 0.5) is 13.2 Å². The van der Waals surface area contributed by atoms with Crippen LogP contribution in [0.3, 0.4) is 0 Å². The van der Waals surface area contributed by atoms with E-state index in [0.29, 0.717) is 10.6 Å². The smallest absolute Gasteiger partial charge is 0.327 e. The quantitative estimate of drug-likeness (QED) is 0.793. The molecule has 0 aliphatic heterocycles. The maximum Gasteiger partial charge on any atom is 0.406 e. The molecule has 0 aliphatic carbocycles. The van der Waals surface area contributed by atoms with Crippen molar-refractivity contribution in [2.45, 2.75) is 13.1 Å². The van der Waals surface area contributed by atoms with E-state index >= 15 is 0 Å². The molecule has 0 atom stereocenters. The minimum absolute atomic E-state index is 0.00985. The number of aryl methyl sites for hydroxylation is 2. The zero-order valence-electron chi connectivity index (χ0n) is 9.96. The number of carbonyl (C=O) groups is 1. The maximum absolute atomic E-state index is 12.3. The van der Waals surface area contributed by atoms with E-state index < -0.39 is 18.6 Å². The van der Waals surface area contributed by atoms with Crippen molar-refractivity contribution in [1.29, 1.82) is 0 Å². The lowest BCUT2D eigenvalue weighted by atomic mass is 10.3. The van der Waals surface area contributed by atoms with Crippen LogP contribution >= 0.6 is 11.6 Å². The SMILES string of the molecule is Cc1cc(C(=O)N(CCCl)CC(F)(F)F)nn1C. The van der Waals surface area contributed by atoms with Crippen LogP contribution in [0.5, 0.6) is 0 Å². The number of halogens is 4. The number of aromatic nitrogens is 2. The highest BCUT2D eigenvalue weighted by Crippen LogP contribution is 2.18. The summed E-state index contributed by atoms with van der Waals surface area (Å²) in [4.78, 5) is 12.5. The second-order valence-electron chi connectivity index (χ2n) is 3.83. The van der Waals surface area contributed by atoms with Gasteiger partial charge < -0.3 is 4.90 Å². The summed E-state index contributed by atoms with van der Waals surface area (Å²) in [5.74, 6) is -0.829. The molecule has 0 unspecified atom stereocenters.